The molecule has 0 spiro atoms. The normalized spacial score (nSPS) is 20.4. The second kappa shape index (κ2) is 5.07. The maximum atomic E-state index is 12.2. The number of hydrogen-bond donors (Lipinski definition) is 1. The van der Waals surface area contributed by atoms with Crippen molar-refractivity contribution in [3.8, 4) is 5.75 Å². The molecule has 4 nitrogen and oxygen atoms in total. The highest BCUT2D eigenvalue weighted by Gasteiger charge is 2.25. The van der Waals surface area contributed by atoms with Crippen molar-refractivity contribution in [3.63, 3.8) is 0 Å². The Morgan fingerprint density at radius 1 is 1.56 bits per heavy atom. The van der Waals surface area contributed by atoms with Gasteiger partial charge in [-0.1, -0.05) is 6.42 Å². The van der Waals surface area contributed by atoms with Crippen LogP contribution in [0.3, 0.4) is 0 Å². The predicted octanol–water partition coefficient (Wildman–Crippen LogP) is 1.41. The third-order valence-electron chi connectivity index (χ3n) is 2.85. The van der Waals surface area contributed by atoms with Gasteiger partial charge in [0.15, 0.2) is 0 Å². The third-order valence-corrected chi connectivity index (χ3v) is 2.85. The van der Waals surface area contributed by atoms with Gasteiger partial charge in [-0.25, -0.2) is 4.98 Å². The number of ketones is 1. The van der Waals surface area contributed by atoms with E-state index in [2.05, 4.69) is 10.3 Å². The lowest BCUT2D eigenvalue weighted by atomic mass is 9.99. The van der Waals surface area contributed by atoms with Crippen LogP contribution in [0.25, 0.3) is 0 Å². The first-order valence-electron chi connectivity index (χ1n) is 5.59. The zero-order valence-electron chi connectivity index (χ0n) is 9.40. The van der Waals surface area contributed by atoms with Gasteiger partial charge in [0.1, 0.15) is 11.4 Å². The van der Waals surface area contributed by atoms with Crippen molar-refractivity contribution in [2.24, 2.45) is 0 Å². The van der Waals surface area contributed by atoms with Crippen LogP contribution in [0.15, 0.2) is 18.3 Å². The van der Waals surface area contributed by atoms with Crippen LogP contribution in [-0.2, 0) is 0 Å². The molecule has 0 radical (unpaired) electrons. The maximum Gasteiger partial charge on any atom is 0.201 e. The molecule has 86 valence electrons. The second-order valence-electron chi connectivity index (χ2n) is 3.92. The van der Waals surface area contributed by atoms with Gasteiger partial charge in [0, 0.05) is 6.20 Å². The van der Waals surface area contributed by atoms with Gasteiger partial charge in [0.2, 0.25) is 5.78 Å². The van der Waals surface area contributed by atoms with Gasteiger partial charge in [-0.15, -0.1) is 0 Å². The smallest absolute Gasteiger partial charge is 0.201 e. The number of piperidine rings is 1. The summed E-state index contributed by atoms with van der Waals surface area (Å²) < 4.78 is 5.15. The Labute approximate surface area is 95.0 Å². The number of hydrogen-bond acceptors (Lipinski definition) is 4. The molecule has 2 rings (SSSR count). The zero-order chi connectivity index (χ0) is 11.4. The SMILES string of the molecule is COc1cccnc1C(=O)C1CCCCN1. The molecule has 1 aliphatic heterocycles. The van der Waals surface area contributed by atoms with E-state index in [1.807, 2.05) is 0 Å². The fourth-order valence-corrected chi connectivity index (χ4v) is 1.98. The monoisotopic (exact) mass is 220 g/mol. The summed E-state index contributed by atoms with van der Waals surface area (Å²) in [5.41, 5.74) is 0.435. The van der Waals surface area contributed by atoms with Crippen LogP contribution in [0, 0.1) is 0 Å². The van der Waals surface area contributed by atoms with Crippen molar-refractivity contribution < 1.29 is 9.53 Å². The molecule has 1 aliphatic rings. The number of carbonyl (C=O) groups is 1. The highest BCUT2D eigenvalue weighted by Crippen LogP contribution is 2.19. The van der Waals surface area contributed by atoms with Crippen LogP contribution in [-0.4, -0.2) is 30.5 Å². The number of nitrogens with zero attached hydrogens (tertiary/aromatic N) is 1. The van der Waals surface area contributed by atoms with E-state index in [9.17, 15) is 4.79 Å². The highest BCUT2D eigenvalue weighted by atomic mass is 16.5. The number of Topliss-reactive ketones (excluding diaryl/α,β-unsaturated/α-hetero) is 1. The number of nitrogens with one attached hydrogen (secondary N) is 1. The fourth-order valence-electron chi connectivity index (χ4n) is 1.98. The van der Waals surface area contributed by atoms with Crippen molar-refractivity contribution in [1.82, 2.24) is 10.3 Å². The lowest BCUT2D eigenvalue weighted by Gasteiger charge is -2.22. The van der Waals surface area contributed by atoms with Crippen LogP contribution >= 0.6 is 0 Å². The van der Waals surface area contributed by atoms with E-state index in [-0.39, 0.29) is 11.8 Å². The summed E-state index contributed by atoms with van der Waals surface area (Å²) in [5, 5.41) is 3.22. The van der Waals surface area contributed by atoms with Crippen molar-refractivity contribution >= 4 is 5.78 Å². The predicted molar refractivity (Wildman–Crippen MR) is 60.8 cm³/mol. The molecule has 1 aromatic rings. The Morgan fingerprint density at radius 3 is 3.12 bits per heavy atom. The summed E-state index contributed by atoms with van der Waals surface area (Å²) in [4.78, 5) is 16.3. The van der Waals surface area contributed by atoms with Crippen LogP contribution in [0.2, 0.25) is 0 Å². The standard InChI is InChI=1S/C12H16N2O2/c1-16-10-6-4-8-14-11(10)12(15)9-5-2-3-7-13-9/h4,6,8-9,13H,2-3,5,7H2,1H3. The largest absolute Gasteiger partial charge is 0.494 e. The van der Waals surface area contributed by atoms with E-state index in [0.717, 1.165) is 25.8 Å². The number of rotatable bonds is 3. The summed E-state index contributed by atoms with van der Waals surface area (Å²) in [6.07, 6.45) is 4.75. The van der Waals surface area contributed by atoms with E-state index in [1.165, 1.54) is 0 Å². The van der Waals surface area contributed by atoms with E-state index < -0.39 is 0 Å². The van der Waals surface area contributed by atoms with Crippen LogP contribution in [0.1, 0.15) is 29.8 Å². The van der Waals surface area contributed by atoms with Gasteiger partial charge in [0.25, 0.3) is 0 Å². The molecule has 1 N–H and O–H groups in total. The van der Waals surface area contributed by atoms with Crippen molar-refractivity contribution in [2.45, 2.75) is 25.3 Å². The van der Waals surface area contributed by atoms with Gasteiger partial charge in [-0.05, 0) is 31.5 Å². The van der Waals surface area contributed by atoms with E-state index >= 15 is 0 Å². The Bertz CT molecular complexity index is 373. The summed E-state index contributed by atoms with van der Waals surface area (Å²) in [6, 6.07) is 3.44. The Morgan fingerprint density at radius 2 is 2.44 bits per heavy atom. The first-order chi connectivity index (χ1) is 7.83. The van der Waals surface area contributed by atoms with Crippen molar-refractivity contribution in [1.29, 1.82) is 0 Å². The minimum atomic E-state index is -0.0995. The van der Waals surface area contributed by atoms with Gasteiger partial charge < -0.3 is 10.1 Å². The second-order valence-corrected chi connectivity index (χ2v) is 3.92. The molecule has 0 amide bonds. The quantitative estimate of drug-likeness (QED) is 0.783. The lowest BCUT2D eigenvalue weighted by Crippen LogP contribution is -2.40. The number of aromatic nitrogens is 1. The van der Waals surface area contributed by atoms with Gasteiger partial charge >= 0.3 is 0 Å². The van der Waals surface area contributed by atoms with E-state index in [4.69, 9.17) is 4.74 Å². The molecule has 4 heteroatoms. The van der Waals surface area contributed by atoms with Gasteiger partial charge in [0.05, 0.1) is 13.2 Å². The first kappa shape index (κ1) is 11.1. The molecule has 1 atom stereocenters. The minimum Gasteiger partial charge on any atom is -0.494 e. The Balaban J connectivity index is 2.19. The number of carbonyl (C=O) groups excluding carboxylic acids is 1. The first-order valence-corrected chi connectivity index (χ1v) is 5.59. The zero-order valence-corrected chi connectivity index (χ0v) is 9.40. The van der Waals surface area contributed by atoms with E-state index in [1.54, 1.807) is 25.4 Å². The molecule has 16 heavy (non-hydrogen) atoms. The van der Waals surface area contributed by atoms with Crippen LogP contribution < -0.4 is 10.1 Å². The number of pyridine rings is 1. The van der Waals surface area contributed by atoms with Crippen LogP contribution in [0.5, 0.6) is 5.75 Å². The molecule has 1 aromatic heterocycles. The lowest BCUT2D eigenvalue weighted by molar-refractivity contribution is 0.0918. The molecule has 0 bridgehead atoms. The Hall–Kier alpha value is -1.42. The summed E-state index contributed by atoms with van der Waals surface area (Å²) in [7, 11) is 1.56. The average Bonchev–Trinajstić information content (AvgIpc) is 2.39. The number of ether oxygens (including phenoxy) is 1. The van der Waals surface area contributed by atoms with E-state index in [0.29, 0.717) is 11.4 Å². The van der Waals surface area contributed by atoms with Crippen molar-refractivity contribution in [2.75, 3.05) is 13.7 Å². The molecule has 0 aliphatic carbocycles. The van der Waals surface area contributed by atoms with Crippen molar-refractivity contribution in [3.05, 3.63) is 24.0 Å². The summed E-state index contributed by atoms with van der Waals surface area (Å²) in [5.74, 6) is 0.594. The molecule has 0 saturated carbocycles. The molecular weight excluding hydrogens is 204 g/mol. The molecule has 1 fully saturated rings. The molecule has 1 saturated heterocycles. The maximum absolute atomic E-state index is 12.2. The van der Waals surface area contributed by atoms with Crippen LogP contribution in [0.4, 0.5) is 0 Å². The fraction of sp³-hybridized carbons (Fsp3) is 0.500. The molecule has 2 heterocycles. The minimum absolute atomic E-state index is 0.0390. The topological polar surface area (TPSA) is 51.2 Å². The van der Waals surface area contributed by atoms with Gasteiger partial charge in [-0.2, -0.15) is 0 Å². The number of methoxy groups -OCH3 is 1. The van der Waals surface area contributed by atoms with Gasteiger partial charge in [-0.3, -0.25) is 4.79 Å². The third kappa shape index (κ3) is 2.22. The molecular formula is C12H16N2O2. The summed E-state index contributed by atoms with van der Waals surface area (Å²) >= 11 is 0. The molecule has 1 unspecified atom stereocenters. The molecule has 0 aromatic carbocycles. The Kier molecular flexibility index (Phi) is 3.51. The summed E-state index contributed by atoms with van der Waals surface area (Å²) in [6.45, 7) is 0.908. The average molecular weight is 220 g/mol. The highest BCUT2D eigenvalue weighted by molar-refractivity contribution is 6.00.